The molecule has 0 heterocycles. The van der Waals surface area contributed by atoms with Crippen LogP contribution in [0.2, 0.25) is 10.0 Å². The highest BCUT2D eigenvalue weighted by Gasteiger charge is 2.28. The molecule has 1 aliphatic carbocycles. The van der Waals surface area contributed by atoms with Crippen LogP contribution in [0.4, 0.5) is 5.69 Å². The molecule has 3 N–H and O–H groups in total. The molecular weight excluding hydrogens is 257 g/mol. The second-order valence-corrected chi connectivity index (χ2v) is 4.94. The van der Waals surface area contributed by atoms with Crippen LogP contribution in [0.25, 0.3) is 11.1 Å². The molecule has 0 aliphatic heterocycles. The summed E-state index contributed by atoms with van der Waals surface area (Å²) in [5.74, 6) is 0. The predicted octanol–water partition coefficient (Wildman–Crippen LogP) is 3.64. The maximum absolute atomic E-state index is 10.2. The Balaban J connectivity index is 2.31. The number of hydrogen-bond donors (Lipinski definition) is 2. The number of halogens is 2. The predicted molar refractivity (Wildman–Crippen MR) is 70.4 cm³/mol. The van der Waals surface area contributed by atoms with E-state index in [1.807, 2.05) is 6.07 Å². The highest BCUT2D eigenvalue weighted by atomic mass is 35.5. The number of aliphatic hydroxyl groups excluding tert-OH is 1. The first-order valence-electron chi connectivity index (χ1n) is 5.14. The Kier molecular flexibility index (Phi) is 2.33. The molecule has 1 atom stereocenters. The lowest BCUT2D eigenvalue weighted by molar-refractivity contribution is 0.225. The maximum atomic E-state index is 10.2. The van der Waals surface area contributed by atoms with Crippen LogP contribution < -0.4 is 5.73 Å². The van der Waals surface area contributed by atoms with Crippen LogP contribution in [0.15, 0.2) is 30.3 Å². The van der Waals surface area contributed by atoms with Crippen molar-refractivity contribution in [3.05, 3.63) is 51.5 Å². The van der Waals surface area contributed by atoms with E-state index in [1.165, 1.54) is 0 Å². The summed E-state index contributed by atoms with van der Waals surface area (Å²) in [6.45, 7) is 0. The molecule has 86 valence electrons. The molecule has 17 heavy (non-hydrogen) atoms. The summed E-state index contributed by atoms with van der Waals surface area (Å²) in [5.41, 5.74) is 9.76. The molecule has 0 saturated carbocycles. The Morgan fingerprint density at radius 1 is 1.00 bits per heavy atom. The van der Waals surface area contributed by atoms with Crippen LogP contribution in [0, 0.1) is 0 Å². The molecule has 0 saturated heterocycles. The Labute approximate surface area is 109 Å². The number of benzene rings is 2. The van der Waals surface area contributed by atoms with E-state index in [-0.39, 0.29) is 0 Å². The average molecular weight is 266 g/mol. The van der Waals surface area contributed by atoms with Crippen molar-refractivity contribution in [3.8, 4) is 11.1 Å². The largest absolute Gasteiger partial charge is 0.398 e. The third-order valence-corrected chi connectivity index (χ3v) is 3.62. The van der Waals surface area contributed by atoms with E-state index < -0.39 is 6.10 Å². The molecule has 2 nitrogen and oxygen atoms in total. The Hall–Kier alpha value is -1.22. The fourth-order valence-corrected chi connectivity index (χ4v) is 2.59. The summed E-state index contributed by atoms with van der Waals surface area (Å²) >= 11 is 11.9. The summed E-state index contributed by atoms with van der Waals surface area (Å²) in [4.78, 5) is 0. The Bertz CT molecular complexity index is 625. The van der Waals surface area contributed by atoms with E-state index in [1.54, 1.807) is 24.3 Å². The SMILES string of the molecule is Nc1cc2c(cc1Cl)[C@H](O)c1cc(Cl)ccc1-2. The van der Waals surface area contributed by atoms with Gasteiger partial charge in [0.15, 0.2) is 0 Å². The minimum atomic E-state index is -0.684. The van der Waals surface area contributed by atoms with Gasteiger partial charge in [-0.25, -0.2) is 0 Å². The lowest BCUT2D eigenvalue weighted by Crippen LogP contribution is -1.95. The number of aliphatic hydroxyl groups is 1. The van der Waals surface area contributed by atoms with Crippen molar-refractivity contribution in [2.75, 3.05) is 5.73 Å². The number of nitrogen functional groups attached to an aromatic ring is 1. The summed E-state index contributed by atoms with van der Waals surface area (Å²) in [7, 11) is 0. The number of rotatable bonds is 0. The van der Waals surface area contributed by atoms with Gasteiger partial charge in [0.1, 0.15) is 6.10 Å². The van der Waals surface area contributed by atoms with E-state index >= 15 is 0 Å². The van der Waals surface area contributed by atoms with Gasteiger partial charge in [-0.15, -0.1) is 0 Å². The van der Waals surface area contributed by atoms with Crippen molar-refractivity contribution >= 4 is 28.9 Å². The molecule has 3 rings (SSSR count). The van der Waals surface area contributed by atoms with Crippen LogP contribution in [-0.4, -0.2) is 5.11 Å². The molecule has 0 amide bonds. The van der Waals surface area contributed by atoms with Crippen LogP contribution in [0.1, 0.15) is 17.2 Å². The number of anilines is 1. The van der Waals surface area contributed by atoms with Crippen molar-refractivity contribution in [3.63, 3.8) is 0 Å². The number of fused-ring (bicyclic) bond motifs is 3. The monoisotopic (exact) mass is 265 g/mol. The fourth-order valence-electron chi connectivity index (χ4n) is 2.24. The Morgan fingerprint density at radius 3 is 2.47 bits per heavy atom. The molecule has 2 aromatic carbocycles. The molecule has 0 spiro atoms. The molecule has 0 fully saturated rings. The maximum Gasteiger partial charge on any atom is 0.105 e. The molecule has 0 bridgehead atoms. The lowest BCUT2D eigenvalue weighted by Gasteiger charge is -2.06. The zero-order chi connectivity index (χ0) is 12.2. The molecular formula is C13H9Cl2NO. The van der Waals surface area contributed by atoms with Crippen LogP contribution in [-0.2, 0) is 0 Å². The highest BCUT2D eigenvalue weighted by molar-refractivity contribution is 6.33. The molecule has 0 radical (unpaired) electrons. The van der Waals surface area contributed by atoms with Crippen LogP contribution >= 0.6 is 23.2 Å². The minimum absolute atomic E-state index is 0.460. The first-order valence-corrected chi connectivity index (χ1v) is 5.90. The van der Waals surface area contributed by atoms with E-state index in [4.69, 9.17) is 28.9 Å². The van der Waals surface area contributed by atoms with E-state index in [0.29, 0.717) is 15.7 Å². The van der Waals surface area contributed by atoms with Gasteiger partial charge in [0.05, 0.1) is 10.7 Å². The van der Waals surface area contributed by atoms with Gasteiger partial charge in [-0.1, -0.05) is 29.3 Å². The van der Waals surface area contributed by atoms with Crippen LogP contribution in [0.3, 0.4) is 0 Å². The average Bonchev–Trinajstić information content (AvgIpc) is 2.54. The first-order chi connectivity index (χ1) is 8.08. The van der Waals surface area contributed by atoms with E-state index in [9.17, 15) is 5.11 Å². The zero-order valence-electron chi connectivity index (χ0n) is 8.74. The summed E-state index contributed by atoms with van der Waals surface area (Å²) in [5, 5.41) is 11.3. The van der Waals surface area contributed by atoms with Crippen molar-refractivity contribution in [1.29, 1.82) is 0 Å². The minimum Gasteiger partial charge on any atom is -0.398 e. The van der Waals surface area contributed by atoms with E-state index in [0.717, 1.165) is 22.3 Å². The quantitative estimate of drug-likeness (QED) is 0.715. The van der Waals surface area contributed by atoms with Gasteiger partial charge in [-0.2, -0.15) is 0 Å². The highest BCUT2D eigenvalue weighted by Crippen LogP contribution is 2.46. The standard InChI is InChI=1S/C13H9Cl2NO/c14-6-1-2-7-8-5-12(16)11(15)4-10(8)13(17)9(7)3-6/h1-5,13,17H,16H2/t13-/m1/s1. The van der Waals surface area contributed by atoms with Crippen LogP contribution in [0.5, 0.6) is 0 Å². The zero-order valence-corrected chi connectivity index (χ0v) is 10.3. The van der Waals surface area contributed by atoms with Crippen molar-refractivity contribution < 1.29 is 5.11 Å². The second-order valence-electron chi connectivity index (χ2n) is 4.10. The van der Waals surface area contributed by atoms with Gasteiger partial charge in [-0.05, 0) is 46.5 Å². The van der Waals surface area contributed by atoms with Gasteiger partial charge in [0, 0.05) is 5.02 Å². The Morgan fingerprint density at radius 2 is 1.71 bits per heavy atom. The van der Waals surface area contributed by atoms with Gasteiger partial charge in [-0.3, -0.25) is 0 Å². The topological polar surface area (TPSA) is 46.2 Å². The summed E-state index contributed by atoms with van der Waals surface area (Å²) < 4.78 is 0. The van der Waals surface area contributed by atoms with Gasteiger partial charge in [0.2, 0.25) is 0 Å². The third-order valence-electron chi connectivity index (χ3n) is 3.06. The van der Waals surface area contributed by atoms with Crippen molar-refractivity contribution in [1.82, 2.24) is 0 Å². The van der Waals surface area contributed by atoms with E-state index in [2.05, 4.69) is 0 Å². The number of nitrogens with two attached hydrogens (primary N) is 1. The second kappa shape index (κ2) is 3.64. The summed E-state index contributed by atoms with van der Waals surface area (Å²) in [6, 6.07) is 8.96. The van der Waals surface area contributed by atoms with Crippen molar-refractivity contribution in [2.45, 2.75) is 6.10 Å². The molecule has 2 aromatic rings. The molecule has 4 heteroatoms. The third kappa shape index (κ3) is 1.53. The fraction of sp³-hybridized carbons (Fsp3) is 0.0769. The van der Waals surface area contributed by atoms with Gasteiger partial charge in [0.25, 0.3) is 0 Å². The molecule has 0 unspecified atom stereocenters. The normalized spacial score (nSPS) is 16.8. The lowest BCUT2D eigenvalue weighted by atomic mass is 10.1. The molecule has 0 aromatic heterocycles. The smallest absolute Gasteiger partial charge is 0.105 e. The summed E-state index contributed by atoms with van der Waals surface area (Å²) in [6.07, 6.45) is -0.684. The van der Waals surface area contributed by atoms with Crippen molar-refractivity contribution in [2.24, 2.45) is 0 Å². The number of hydrogen-bond acceptors (Lipinski definition) is 2. The van der Waals surface area contributed by atoms with Gasteiger partial charge < -0.3 is 10.8 Å². The van der Waals surface area contributed by atoms with Gasteiger partial charge >= 0.3 is 0 Å². The molecule has 1 aliphatic rings. The first kappa shape index (κ1) is 10.9.